The van der Waals surface area contributed by atoms with E-state index >= 15 is 0 Å². The second-order valence-corrected chi connectivity index (χ2v) is 21.5. The number of nitrogens with zero attached hydrogens (tertiary/aromatic N) is 5. The third kappa shape index (κ3) is 6.03. The van der Waals surface area contributed by atoms with Crippen LogP contribution < -0.4 is 0 Å². The van der Waals surface area contributed by atoms with Gasteiger partial charge in [0.05, 0.1) is 55.5 Å². The maximum absolute atomic E-state index is 4.99. The average molecular weight is 1020 g/mol. The fourth-order valence-electron chi connectivity index (χ4n) is 13.9. The van der Waals surface area contributed by atoms with E-state index in [-0.39, 0.29) is 0 Å². The molecule has 0 amide bonds. The maximum Gasteiger partial charge on any atom is 0.137 e. The molecule has 18 aromatic rings. The molecular formula is C75H45N5. The van der Waals surface area contributed by atoms with Crippen LogP contribution in [-0.2, 0) is 0 Å². The minimum Gasteiger partial charge on any atom is -0.309 e. The van der Waals surface area contributed by atoms with Gasteiger partial charge in [0.25, 0.3) is 0 Å². The van der Waals surface area contributed by atoms with Crippen LogP contribution in [0.15, 0.2) is 273 Å². The quantitative estimate of drug-likeness (QED) is 0.158. The highest BCUT2D eigenvalue weighted by Crippen LogP contribution is 2.46. The van der Waals surface area contributed by atoms with Gasteiger partial charge in [-0.1, -0.05) is 176 Å². The molecule has 0 aliphatic rings. The van der Waals surface area contributed by atoms with Crippen LogP contribution in [-0.4, -0.2) is 23.3 Å². The molecule has 0 radical (unpaired) electrons. The minimum atomic E-state index is 0.889. The summed E-state index contributed by atoms with van der Waals surface area (Å²) >= 11 is 0. The summed E-state index contributed by atoms with van der Waals surface area (Å²) in [6.07, 6.45) is 1.90. The first kappa shape index (κ1) is 43.4. The summed E-state index contributed by atoms with van der Waals surface area (Å²) in [5.74, 6) is 0.889. The maximum atomic E-state index is 4.99. The standard InChI is InChI=1S/C75H45N5/c1-2-20-50(21-3-1)77-65-29-13-10-26-55(65)61-45-74-64(42-71(61)77)59-36-34-47(39-70(59)80(74)75-32-16-17-37-76-75)46-33-35-58-60(38-46)52-23-7-5-19-49(52)41-69(58)79-67-31-15-12-28-57(67)63-43-72-62(44-73(63)79)56-27-11-14-30-66(56)78(72)68-40-48-18-4-6-22-51(48)53-24-8-9-25-54(53)68/h1-45H. The first-order chi connectivity index (χ1) is 39.7. The Balaban J connectivity index is 0.862. The van der Waals surface area contributed by atoms with Gasteiger partial charge >= 0.3 is 0 Å². The Morgan fingerprint density at radius 1 is 0.212 bits per heavy atom. The van der Waals surface area contributed by atoms with Gasteiger partial charge in [0.2, 0.25) is 0 Å². The fourth-order valence-corrected chi connectivity index (χ4v) is 13.9. The van der Waals surface area contributed by atoms with Crippen LogP contribution in [0.2, 0.25) is 0 Å². The van der Waals surface area contributed by atoms with Crippen molar-refractivity contribution in [2.45, 2.75) is 0 Å². The van der Waals surface area contributed by atoms with E-state index in [4.69, 9.17) is 4.98 Å². The Kier molecular flexibility index (Phi) is 8.88. The second kappa shape index (κ2) is 16.4. The number of hydrogen-bond acceptors (Lipinski definition) is 1. The highest BCUT2D eigenvalue weighted by molar-refractivity contribution is 6.23. The number of aromatic nitrogens is 5. The van der Waals surface area contributed by atoms with Crippen molar-refractivity contribution >= 4 is 130 Å². The van der Waals surface area contributed by atoms with E-state index < -0.39 is 0 Å². The van der Waals surface area contributed by atoms with Crippen molar-refractivity contribution in [1.82, 2.24) is 23.3 Å². The zero-order valence-electron chi connectivity index (χ0n) is 43.2. The Morgan fingerprint density at radius 2 is 0.613 bits per heavy atom. The third-order valence-electron chi connectivity index (χ3n) is 17.3. The molecule has 0 bridgehead atoms. The van der Waals surface area contributed by atoms with Crippen molar-refractivity contribution in [3.63, 3.8) is 0 Å². The largest absolute Gasteiger partial charge is 0.309 e. The summed E-state index contributed by atoms with van der Waals surface area (Å²) in [5.41, 5.74) is 15.1. The molecule has 0 aliphatic carbocycles. The molecule has 18 rings (SSSR count). The molecule has 5 aromatic heterocycles. The van der Waals surface area contributed by atoms with Crippen LogP contribution in [0.1, 0.15) is 0 Å². The summed E-state index contributed by atoms with van der Waals surface area (Å²) in [7, 11) is 0. The Hall–Kier alpha value is -10.8. The summed E-state index contributed by atoms with van der Waals surface area (Å²) < 4.78 is 9.80. The van der Waals surface area contributed by atoms with E-state index in [1.54, 1.807) is 0 Å². The summed E-state index contributed by atoms with van der Waals surface area (Å²) in [6.45, 7) is 0. The van der Waals surface area contributed by atoms with Crippen molar-refractivity contribution < 1.29 is 0 Å². The Bertz CT molecular complexity index is 5660. The van der Waals surface area contributed by atoms with E-state index in [9.17, 15) is 0 Å². The predicted octanol–water partition coefficient (Wildman–Crippen LogP) is 19.7. The monoisotopic (exact) mass is 1020 g/mol. The number of benzene rings is 13. The van der Waals surface area contributed by atoms with Gasteiger partial charge in [0.15, 0.2) is 0 Å². The van der Waals surface area contributed by atoms with Gasteiger partial charge in [-0.2, -0.15) is 0 Å². The molecule has 0 saturated carbocycles. The van der Waals surface area contributed by atoms with Crippen LogP contribution in [0.4, 0.5) is 0 Å². The molecule has 0 aliphatic heterocycles. The van der Waals surface area contributed by atoms with Gasteiger partial charge in [-0.25, -0.2) is 4.98 Å². The number of hydrogen-bond donors (Lipinski definition) is 0. The van der Waals surface area contributed by atoms with Gasteiger partial charge in [0.1, 0.15) is 5.82 Å². The van der Waals surface area contributed by atoms with E-state index in [0.29, 0.717) is 0 Å². The number of pyridine rings is 1. The van der Waals surface area contributed by atoms with Crippen LogP contribution in [0.5, 0.6) is 0 Å². The van der Waals surface area contributed by atoms with Crippen molar-refractivity contribution in [3.05, 3.63) is 273 Å². The molecule has 0 fully saturated rings. The summed E-state index contributed by atoms with van der Waals surface area (Å²) in [5, 5.41) is 19.5. The van der Waals surface area contributed by atoms with Crippen LogP contribution >= 0.6 is 0 Å². The molecule has 5 nitrogen and oxygen atoms in total. The van der Waals surface area contributed by atoms with Crippen molar-refractivity contribution in [1.29, 1.82) is 0 Å². The van der Waals surface area contributed by atoms with Gasteiger partial charge in [-0.05, 0) is 134 Å². The fraction of sp³-hybridized carbons (Fsp3) is 0. The molecule has 0 saturated heterocycles. The number of rotatable bonds is 5. The minimum absolute atomic E-state index is 0.889. The number of fused-ring (bicyclic) bond motifs is 18. The van der Waals surface area contributed by atoms with Gasteiger partial charge < -0.3 is 13.7 Å². The van der Waals surface area contributed by atoms with E-state index in [2.05, 4.69) is 279 Å². The molecule has 370 valence electrons. The Morgan fingerprint density at radius 3 is 1.19 bits per heavy atom. The lowest BCUT2D eigenvalue weighted by atomic mass is 9.95. The second-order valence-electron chi connectivity index (χ2n) is 21.5. The molecule has 0 unspecified atom stereocenters. The summed E-state index contributed by atoms with van der Waals surface area (Å²) in [4.78, 5) is 4.99. The molecular weight excluding hydrogens is 971 g/mol. The van der Waals surface area contributed by atoms with Gasteiger partial charge in [-0.15, -0.1) is 0 Å². The molecule has 5 heteroatoms. The third-order valence-corrected chi connectivity index (χ3v) is 17.3. The van der Waals surface area contributed by atoms with E-state index in [0.717, 1.165) is 39.4 Å². The SMILES string of the molecule is c1ccc(-n2c3ccccc3c3cc4c(cc32)c2ccc(-c3ccc5c(-n6c7ccccc7c7cc8c(cc76)c6ccccc6n8-c6cc7ccccc7c7ccccc67)cc6ccccc6c5c3)cc2n4-c2ccccn2)cc1. The molecule has 80 heavy (non-hydrogen) atoms. The smallest absolute Gasteiger partial charge is 0.137 e. The summed E-state index contributed by atoms with van der Waals surface area (Å²) in [6, 6.07) is 98.7. The van der Waals surface area contributed by atoms with Crippen LogP contribution in [0.25, 0.3) is 164 Å². The van der Waals surface area contributed by atoms with Crippen LogP contribution in [0, 0.1) is 0 Å². The molecule has 0 spiro atoms. The molecule has 5 heterocycles. The van der Waals surface area contributed by atoms with Crippen molar-refractivity contribution in [3.8, 4) is 34.0 Å². The Labute approximate surface area is 458 Å². The first-order valence-corrected chi connectivity index (χ1v) is 27.5. The normalized spacial score (nSPS) is 12.2. The van der Waals surface area contributed by atoms with Gasteiger partial charge in [-0.3, -0.25) is 4.57 Å². The topological polar surface area (TPSA) is 32.6 Å². The zero-order valence-corrected chi connectivity index (χ0v) is 43.2. The van der Waals surface area contributed by atoms with Crippen molar-refractivity contribution in [2.24, 2.45) is 0 Å². The first-order valence-electron chi connectivity index (χ1n) is 27.5. The molecule has 13 aromatic carbocycles. The predicted molar refractivity (Wildman–Crippen MR) is 337 cm³/mol. The molecule has 0 N–H and O–H groups in total. The lowest BCUT2D eigenvalue weighted by Gasteiger charge is -2.16. The lowest BCUT2D eigenvalue weighted by Crippen LogP contribution is -1.98. The molecule has 0 atom stereocenters. The highest BCUT2D eigenvalue weighted by atomic mass is 15.1. The lowest BCUT2D eigenvalue weighted by molar-refractivity contribution is 1.08. The highest BCUT2D eigenvalue weighted by Gasteiger charge is 2.23. The average Bonchev–Trinajstić information content (AvgIpc) is 4.31. The van der Waals surface area contributed by atoms with Crippen molar-refractivity contribution in [2.75, 3.05) is 0 Å². The van der Waals surface area contributed by atoms with E-state index in [1.807, 2.05) is 12.3 Å². The zero-order chi connectivity index (χ0) is 52.2. The number of para-hydroxylation sites is 4. The van der Waals surface area contributed by atoms with Crippen LogP contribution in [0.3, 0.4) is 0 Å². The van der Waals surface area contributed by atoms with E-state index in [1.165, 1.54) is 125 Å². The van der Waals surface area contributed by atoms with Gasteiger partial charge in [0, 0.05) is 65.7 Å².